The normalized spacial score (nSPS) is 13.4. The lowest BCUT2D eigenvalue weighted by Crippen LogP contribution is -2.30. The van der Waals surface area contributed by atoms with Crippen LogP contribution in [0.5, 0.6) is 0 Å². The fourth-order valence-electron chi connectivity index (χ4n) is 6.49. The van der Waals surface area contributed by atoms with Crippen LogP contribution in [0.3, 0.4) is 0 Å². The molecule has 0 radical (unpaired) electrons. The molecular formula is C61H96O5. The van der Waals surface area contributed by atoms with Gasteiger partial charge in [-0.3, -0.25) is 9.59 Å². The van der Waals surface area contributed by atoms with Crippen molar-refractivity contribution in [3.8, 4) is 0 Å². The van der Waals surface area contributed by atoms with Crippen molar-refractivity contribution in [1.29, 1.82) is 0 Å². The van der Waals surface area contributed by atoms with E-state index in [1.165, 1.54) is 19.3 Å². The van der Waals surface area contributed by atoms with Gasteiger partial charge < -0.3 is 14.2 Å². The molecule has 0 aromatic heterocycles. The predicted octanol–water partition coefficient (Wildman–Crippen LogP) is 18.1. The molecule has 1 unspecified atom stereocenters. The number of esters is 2. The Labute approximate surface area is 406 Å². The topological polar surface area (TPSA) is 61.8 Å². The van der Waals surface area contributed by atoms with E-state index < -0.39 is 6.10 Å². The van der Waals surface area contributed by atoms with Crippen LogP contribution >= 0.6 is 0 Å². The van der Waals surface area contributed by atoms with Gasteiger partial charge in [0, 0.05) is 19.4 Å². The molecule has 0 aliphatic rings. The van der Waals surface area contributed by atoms with Crippen LogP contribution in [0.15, 0.2) is 146 Å². The molecule has 0 bridgehead atoms. The third-order valence-electron chi connectivity index (χ3n) is 10.3. The number of hydrogen-bond acceptors (Lipinski definition) is 5. The zero-order chi connectivity index (χ0) is 47.7. The van der Waals surface area contributed by atoms with Gasteiger partial charge in [0.05, 0.1) is 6.61 Å². The second-order valence-electron chi connectivity index (χ2n) is 16.7. The van der Waals surface area contributed by atoms with Gasteiger partial charge in [-0.15, -0.1) is 0 Å². The maximum absolute atomic E-state index is 12.8. The molecule has 370 valence electrons. The molecule has 0 aromatic carbocycles. The molecule has 0 N–H and O–H groups in total. The molecule has 0 rings (SSSR count). The van der Waals surface area contributed by atoms with E-state index >= 15 is 0 Å². The van der Waals surface area contributed by atoms with Gasteiger partial charge >= 0.3 is 11.9 Å². The van der Waals surface area contributed by atoms with Gasteiger partial charge in [-0.2, -0.15) is 0 Å². The SMILES string of the molecule is CC/C=C\C/C=C\C/C=C\C/C=C\C/C=C\CCCCCCOCC(COC(=O)CCC/C=C\C/C=C\C/C=C\C/C=C\C/C=C\CC)OC(=O)CCCCCCC/C=C\C/C=C\CCC. The Hall–Kier alpha value is -4.22. The molecule has 5 nitrogen and oxygen atoms in total. The molecule has 5 heteroatoms. The summed E-state index contributed by atoms with van der Waals surface area (Å²) in [7, 11) is 0. The first-order valence-corrected chi connectivity index (χ1v) is 26.4. The summed E-state index contributed by atoms with van der Waals surface area (Å²) < 4.78 is 17.3. The average Bonchev–Trinajstić information content (AvgIpc) is 3.32. The van der Waals surface area contributed by atoms with Gasteiger partial charge in [0.15, 0.2) is 6.10 Å². The summed E-state index contributed by atoms with van der Waals surface area (Å²) in [5.41, 5.74) is 0. The summed E-state index contributed by atoms with van der Waals surface area (Å²) in [6.45, 7) is 7.38. The number of unbranched alkanes of at least 4 members (excludes halogenated alkanes) is 11. The standard InChI is InChI=1S/C61H96O5/c1-4-7-10-13-16-19-22-25-27-29-30-31-33-35-38-41-44-47-50-53-56-64-57-59(66-61(63)55-52-49-46-43-40-36-24-21-18-15-12-9-6-3)58-65-60(62)54-51-48-45-42-39-37-34-32-28-26-23-20-17-14-11-8-5-2/h7-8,10-12,15-17,19-21,24-28,30-31,34-35,37-38,42,45,59H,4-6,9,13-14,18,22-23,29,32-33,36,39-41,43-44,46-58H2,1-3H3/b10-7-,11-8-,15-12-,19-16-,20-17-,24-21-,27-25-,28-26-,31-30-,37-34-,38-35-,45-42-. The van der Waals surface area contributed by atoms with Crippen molar-refractivity contribution in [3.63, 3.8) is 0 Å². The lowest BCUT2D eigenvalue weighted by atomic mass is 10.1. The van der Waals surface area contributed by atoms with Crippen LogP contribution in [-0.2, 0) is 23.8 Å². The smallest absolute Gasteiger partial charge is 0.306 e. The van der Waals surface area contributed by atoms with Gasteiger partial charge in [-0.05, 0) is 128 Å². The fourth-order valence-corrected chi connectivity index (χ4v) is 6.49. The zero-order valence-corrected chi connectivity index (χ0v) is 42.4. The summed E-state index contributed by atoms with van der Waals surface area (Å²) >= 11 is 0. The monoisotopic (exact) mass is 909 g/mol. The lowest BCUT2D eigenvalue weighted by Gasteiger charge is -2.18. The van der Waals surface area contributed by atoms with E-state index in [4.69, 9.17) is 14.2 Å². The maximum Gasteiger partial charge on any atom is 0.306 e. The first-order chi connectivity index (χ1) is 32.6. The highest BCUT2D eigenvalue weighted by Crippen LogP contribution is 2.11. The Morgan fingerprint density at radius 1 is 0.348 bits per heavy atom. The minimum Gasteiger partial charge on any atom is -0.462 e. The maximum atomic E-state index is 12.8. The van der Waals surface area contributed by atoms with Crippen molar-refractivity contribution in [2.24, 2.45) is 0 Å². The summed E-state index contributed by atoms with van der Waals surface area (Å²) in [6.07, 6.45) is 80.1. The Kier molecular flexibility index (Phi) is 51.6. The van der Waals surface area contributed by atoms with Crippen molar-refractivity contribution in [2.45, 2.75) is 207 Å². The number of hydrogen-bond donors (Lipinski definition) is 0. The van der Waals surface area contributed by atoms with Crippen molar-refractivity contribution in [3.05, 3.63) is 146 Å². The van der Waals surface area contributed by atoms with Gasteiger partial charge in [-0.25, -0.2) is 0 Å². The van der Waals surface area contributed by atoms with E-state index in [0.29, 0.717) is 19.4 Å². The molecule has 0 saturated heterocycles. The number of ether oxygens (including phenoxy) is 3. The Morgan fingerprint density at radius 2 is 0.697 bits per heavy atom. The molecule has 0 aromatic rings. The number of carbonyl (C=O) groups is 2. The van der Waals surface area contributed by atoms with Gasteiger partial charge in [0.2, 0.25) is 0 Å². The third kappa shape index (κ3) is 52.4. The van der Waals surface area contributed by atoms with Gasteiger partial charge in [0.1, 0.15) is 6.61 Å². The summed E-state index contributed by atoms with van der Waals surface area (Å²) in [5.74, 6) is -0.508. The highest BCUT2D eigenvalue weighted by molar-refractivity contribution is 5.70. The first kappa shape index (κ1) is 61.8. The van der Waals surface area contributed by atoms with Crippen molar-refractivity contribution < 1.29 is 23.8 Å². The largest absolute Gasteiger partial charge is 0.462 e. The summed E-state index contributed by atoms with van der Waals surface area (Å²) in [5, 5.41) is 0. The van der Waals surface area contributed by atoms with Crippen LogP contribution in [0, 0.1) is 0 Å². The predicted molar refractivity (Wildman–Crippen MR) is 288 cm³/mol. The first-order valence-electron chi connectivity index (χ1n) is 26.4. The van der Waals surface area contributed by atoms with Crippen LogP contribution in [0.2, 0.25) is 0 Å². The molecule has 1 atom stereocenters. The molecule has 0 aliphatic heterocycles. The van der Waals surface area contributed by atoms with E-state index in [0.717, 1.165) is 148 Å². The van der Waals surface area contributed by atoms with E-state index in [2.05, 4.69) is 167 Å². The summed E-state index contributed by atoms with van der Waals surface area (Å²) in [6, 6.07) is 0. The second-order valence-corrected chi connectivity index (χ2v) is 16.7. The molecule has 0 spiro atoms. The molecule has 0 saturated carbocycles. The van der Waals surface area contributed by atoms with Crippen molar-refractivity contribution in [1.82, 2.24) is 0 Å². The second kappa shape index (κ2) is 55.1. The fraction of sp³-hybridized carbons (Fsp3) is 0.574. The van der Waals surface area contributed by atoms with Crippen molar-refractivity contribution >= 4 is 11.9 Å². The van der Waals surface area contributed by atoms with Crippen LogP contribution in [0.25, 0.3) is 0 Å². The van der Waals surface area contributed by atoms with E-state index in [1.807, 2.05) is 0 Å². The summed E-state index contributed by atoms with van der Waals surface area (Å²) in [4.78, 5) is 25.4. The number of carbonyl (C=O) groups excluding carboxylic acids is 2. The van der Waals surface area contributed by atoms with Crippen LogP contribution in [-0.4, -0.2) is 37.9 Å². The van der Waals surface area contributed by atoms with Crippen LogP contribution in [0.1, 0.15) is 201 Å². The van der Waals surface area contributed by atoms with Crippen molar-refractivity contribution in [2.75, 3.05) is 19.8 Å². The Morgan fingerprint density at radius 3 is 1.14 bits per heavy atom. The van der Waals surface area contributed by atoms with Crippen LogP contribution in [0.4, 0.5) is 0 Å². The molecular weight excluding hydrogens is 813 g/mol. The number of rotatable bonds is 46. The molecule has 0 amide bonds. The highest BCUT2D eigenvalue weighted by Gasteiger charge is 2.17. The highest BCUT2D eigenvalue weighted by atomic mass is 16.6. The number of allylic oxidation sites excluding steroid dienone is 24. The van der Waals surface area contributed by atoms with Gasteiger partial charge in [0.25, 0.3) is 0 Å². The van der Waals surface area contributed by atoms with E-state index in [9.17, 15) is 9.59 Å². The minimum absolute atomic E-state index is 0.0292. The zero-order valence-electron chi connectivity index (χ0n) is 42.4. The lowest BCUT2D eigenvalue weighted by molar-refractivity contribution is -0.163. The Balaban J connectivity index is 4.46. The quantitative estimate of drug-likeness (QED) is 0.0346. The average molecular weight is 909 g/mol. The van der Waals surface area contributed by atoms with E-state index in [1.54, 1.807) is 0 Å². The molecule has 0 aliphatic carbocycles. The van der Waals surface area contributed by atoms with Gasteiger partial charge in [-0.1, -0.05) is 205 Å². The minimum atomic E-state index is -0.591. The van der Waals surface area contributed by atoms with Crippen LogP contribution < -0.4 is 0 Å². The van der Waals surface area contributed by atoms with E-state index in [-0.39, 0.29) is 25.2 Å². The molecule has 66 heavy (non-hydrogen) atoms. The Bertz CT molecular complexity index is 1450. The third-order valence-corrected chi connectivity index (χ3v) is 10.3. The molecule has 0 heterocycles. The molecule has 0 fully saturated rings.